The monoisotopic (exact) mass is 576 g/mol. The van der Waals surface area contributed by atoms with Gasteiger partial charge in [-0.25, -0.2) is 14.4 Å². The zero-order chi connectivity index (χ0) is 29.2. The second-order valence-electron chi connectivity index (χ2n) is 9.97. The molecule has 0 aliphatic carbocycles. The summed E-state index contributed by atoms with van der Waals surface area (Å²) in [7, 11) is 1.36. The number of hydrogen-bond acceptors (Lipinski definition) is 6. The summed E-state index contributed by atoms with van der Waals surface area (Å²) in [6.07, 6.45) is -3.76. The molecule has 0 radical (unpaired) electrons. The quantitative estimate of drug-likeness (QED) is 0.321. The highest BCUT2D eigenvalue weighted by Gasteiger charge is 2.40. The molecule has 1 fully saturated rings. The number of anilines is 2. The fraction of sp³-hybridized carbons (Fsp3) is 0.296. The van der Waals surface area contributed by atoms with E-state index in [1.54, 1.807) is 4.40 Å². The summed E-state index contributed by atoms with van der Waals surface area (Å²) in [6.45, 7) is -0.179. The number of piperidine rings is 1. The lowest BCUT2D eigenvalue weighted by Crippen LogP contribution is -2.33. The van der Waals surface area contributed by atoms with Crippen molar-refractivity contribution in [1.82, 2.24) is 19.3 Å². The zero-order valence-corrected chi connectivity index (χ0v) is 21.5. The number of ether oxygens (including phenoxy) is 1. The van der Waals surface area contributed by atoms with Gasteiger partial charge >= 0.3 is 6.18 Å². The van der Waals surface area contributed by atoms with Gasteiger partial charge in [-0.3, -0.25) is 9.20 Å². The summed E-state index contributed by atoms with van der Waals surface area (Å²) in [5.41, 5.74) is 5.50. The lowest BCUT2D eigenvalue weighted by Gasteiger charge is -2.32. The van der Waals surface area contributed by atoms with Crippen LogP contribution in [0, 0.1) is 5.82 Å². The Kier molecular flexibility index (Phi) is 6.23. The third-order valence-corrected chi connectivity index (χ3v) is 7.65. The maximum absolute atomic E-state index is 15.1. The number of benzene rings is 2. The first-order chi connectivity index (χ1) is 19.4. The van der Waals surface area contributed by atoms with Crippen molar-refractivity contribution in [2.75, 3.05) is 37.4 Å². The number of nitrogen functional groups attached to an aromatic ring is 1. The van der Waals surface area contributed by atoms with Crippen molar-refractivity contribution < 1.29 is 35.9 Å². The van der Waals surface area contributed by atoms with E-state index in [0.717, 1.165) is 17.0 Å². The molecule has 0 spiro atoms. The third kappa shape index (κ3) is 4.46. The summed E-state index contributed by atoms with van der Waals surface area (Å²) in [5, 5.41) is 0. The van der Waals surface area contributed by atoms with E-state index < -0.39 is 35.6 Å². The number of nitrogens with zero attached hydrogens (tertiary/aromatic N) is 5. The van der Waals surface area contributed by atoms with Crippen molar-refractivity contribution in [3.63, 3.8) is 0 Å². The molecule has 6 rings (SSSR count). The third-order valence-electron chi connectivity index (χ3n) is 7.65. The SMILES string of the molecule is CN(C(=O)c1cc2c(cc1F)nc(N)c1cncn12)C1COc2cc(N3CCC(=C(F)F)CC3)c(C(F)(F)F)cc21. The summed E-state index contributed by atoms with van der Waals surface area (Å²) in [4.78, 5) is 24.2. The van der Waals surface area contributed by atoms with Crippen molar-refractivity contribution in [2.24, 2.45) is 0 Å². The van der Waals surface area contributed by atoms with Crippen LogP contribution in [0.15, 0.2) is 48.4 Å². The molecule has 2 aliphatic heterocycles. The van der Waals surface area contributed by atoms with Crippen molar-refractivity contribution in [2.45, 2.75) is 25.1 Å². The number of imidazole rings is 1. The summed E-state index contributed by atoms with van der Waals surface area (Å²) < 4.78 is 91.0. The molecule has 4 aromatic rings. The van der Waals surface area contributed by atoms with Gasteiger partial charge in [-0.05, 0) is 30.5 Å². The van der Waals surface area contributed by atoms with E-state index in [4.69, 9.17) is 10.5 Å². The van der Waals surface area contributed by atoms with Gasteiger partial charge in [0.15, 0.2) is 0 Å². The van der Waals surface area contributed by atoms with Crippen LogP contribution in [0.3, 0.4) is 0 Å². The Morgan fingerprint density at radius 1 is 1.12 bits per heavy atom. The van der Waals surface area contributed by atoms with Crippen LogP contribution in [0.1, 0.15) is 40.4 Å². The zero-order valence-electron chi connectivity index (χ0n) is 21.5. The molecule has 1 amide bonds. The number of rotatable bonds is 3. The lowest BCUT2D eigenvalue weighted by molar-refractivity contribution is -0.137. The number of hydrogen-bond donors (Lipinski definition) is 1. The minimum atomic E-state index is -4.77. The molecule has 4 heterocycles. The second-order valence-corrected chi connectivity index (χ2v) is 9.97. The van der Waals surface area contributed by atoms with E-state index in [9.17, 15) is 26.7 Å². The highest BCUT2D eigenvalue weighted by molar-refractivity contribution is 5.98. The fourth-order valence-corrected chi connectivity index (χ4v) is 5.44. The molecule has 2 aromatic heterocycles. The number of likely N-dealkylation sites (N-methyl/N-ethyl adjacent to an activating group) is 1. The van der Waals surface area contributed by atoms with Crippen molar-refractivity contribution >= 4 is 34.0 Å². The topological polar surface area (TPSA) is 89.0 Å². The van der Waals surface area contributed by atoms with Gasteiger partial charge in [0.1, 0.15) is 29.5 Å². The average Bonchev–Trinajstić information content (AvgIpc) is 3.59. The Labute approximate surface area is 228 Å². The maximum atomic E-state index is 15.1. The Balaban J connectivity index is 1.35. The molecule has 214 valence electrons. The molecule has 1 unspecified atom stereocenters. The Bertz CT molecular complexity index is 1740. The normalized spacial score (nSPS) is 17.2. The van der Waals surface area contributed by atoms with Crippen LogP contribution in [0.25, 0.3) is 16.6 Å². The molecule has 2 aliphatic rings. The first-order valence-corrected chi connectivity index (χ1v) is 12.6. The number of amides is 1. The number of carbonyl (C=O) groups excluding carboxylic acids is 1. The smallest absolute Gasteiger partial charge is 0.418 e. The largest absolute Gasteiger partial charge is 0.491 e. The minimum absolute atomic E-state index is 0.0116. The summed E-state index contributed by atoms with van der Waals surface area (Å²) in [6, 6.07) is 3.57. The Morgan fingerprint density at radius 3 is 2.54 bits per heavy atom. The number of carbonyl (C=O) groups is 1. The molecule has 0 bridgehead atoms. The van der Waals surface area contributed by atoms with Crippen LogP contribution < -0.4 is 15.4 Å². The summed E-state index contributed by atoms with van der Waals surface area (Å²) >= 11 is 0. The predicted molar refractivity (Wildman–Crippen MR) is 137 cm³/mol. The van der Waals surface area contributed by atoms with E-state index in [-0.39, 0.29) is 72.0 Å². The van der Waals surface area contributed by atoms with E-state index in [0.29, 0.717) is 11.0 Å². The van der Waals surface area contributed by atoms with Crippen molar-refractivity contribution in [3.05, 3.63) is 71.0 Å². The van der Waals surface area contributed by atoms with E-state index in [2.05, 4.69) is 9.97 Å². The van der Waals surface area contributed by atoms with Gasteiger partial charge in [0.25, 0.3) is 12.0 Å². The van der Waals surface area contributed by atoms with Gasteiger partial charge in [0.05, 0.1) is 46.4 Å². The van der Waals surface area contributed by atoms with Gasteiger partial charge in [0, 0.05) is 37.8 Å². The van der Waals surface area contributed by atoms with Crippen LogP contribution in [-0.4, -0.2) is 51.9 Å². The molecule has 2 N–H and O–H groups in total. The number of fused-ring (bicyclic) bond motifs is 4. The van der Waals surface area contributed by atoms with Gasteiger partial charge in [-0.1, -0.05) is 0 Å². The average molecular weight is 577 g/mol. The minimum Gasteiger partial charge on any atom is -0.491 e. The van der Waals surface area contributed by atoms with E-state index in [1.165, 1.54) is 36.6 Å². The van der Waals surface area contributed by atoms with Crippen molar-refractivity contribution in [3.8, 4) is 5.75 Å². The number of halogens is 6. The molecule has 0 saturated carbocycles. The van der Waals surface area contributed by atoms with Crippen LogP contribution >= 0.6 is 0 Å². The fourth-order valence-electron chi connectivity index (χ4n) is 5.44. The molecular weight excluding hydrogens is 554 g/mol. The highest BCUT2D eigenvalue weighted by atomic mass is 19.4. The number of aromatic nitrogens is 3. The molecule has 2 aromatic carbocycles. The van der Waals surface area contributed by atoms with Crippen LogP contribution in [-0.2, 0) is 6.18 Å². The first kappa shape index (κ1) is 26.7. The first-order valence-electron chi connectivity index (χ1n) is 12.6. The van der Waals surface area contributed by atoms with Gasteiger partial charge < -0.3 is 20.3 Å². The maximum Gasteiger partial charge on any atom is 0.418 e. The lowest BCUT2D eigenvalue weighted by atomic mass is 9.98. The van der Waals surface area contributed by atoms with Crippen LogP contribution in [0.5, 0.6) is 5.75 Å². The highest BCUT2D eigenvalue weighted by Crippen LogP contribution is 2.46. The Morgan fingerprint density at radius 2 is 1.85 bits per heavy atom. The molecule has 1 saturated heterocycles. The van der Waals surface area contributed by atoms with E-state index >= 15 is 4.39 Å². The van der Waals surface area contributed by atoms with E-state index in [1.807, 2.05) is 0 Å². The summed E-state index contributed by atoms with van der Waals surface area (Å²) in [5.74, 6) is -1.40. The van der Waals surface area contributed by atoms with Crippen molar-refractivity contribution in [1.29, 1.82) is 0 Å². The number of nitrogens with two attached hydrogens (primary N) is 1. The Hall–Kier alpha value is -4.49. The molecule has 14 heteroatoms. The predicted octanol–water partition coefficient (Wildman–Crippen LogP) is 5.58. The standard InChI is InChI=1S/C27H22F6N6O2/c1-37(26(40)14-7-20-18(8-17(14)28)36-25(34)21-10-35-12-39(20)21)22-11-41-23-9-19(16(6-15(22)23)27(31,32)33)38-4-2-13(3-5-38)24(29)30/h6-10,12,22H,2-5,11H2,1H3,(H2,34,36). The molecule has 1 atom stereocenters. The molecule has 8 nitrogen and oxygen atoms in total. The van der Waals surface area contributed by atoms with Gasteiger partial charge in [0.2, 0.25) is 0 Å². The van der Waals surface area contributed by atoms with Crippen LogP contribution in [0.4, 0.5) is 37.8 Å². The van der Waals surface area contributed by atoms with Crippen LogP contribution in [0.2, 0.25) is 0 Å². The molecular formula is C27H22F6N6O2. The second kappa shape index (κ2) is 9.56. The van der Waals surface area contributed by atoms with Gasteiger partial charge in [-0.15, -0.1) is 0 Å². The number of alkyl halides is 3. The van der Waals surface area contributed by atoms with Gasteiger partial charge in [-0.2, -0.15) is 22.0 Å². The molecule has 41 heavy (non-hydrogen) atoms.